The summed E-state index contributed by atoms with van der Waals surface area (Å²) in [6.07, 6.45) is -0.591. The van der Waals surface area contributed by atoms with Crippen LogP contribution in [-0.4, -0.2) is 41.6 Å². The van der Waals surface area contributed by atoms with E-state index in [0.717, 1.165) is 0 Å². The third-order valence-electron chi connectivity index (χ3n) is 6.13. The van der Waals surface area contributed by atoms with Crippen molar-refractivity contribution in [3.63, 3.8) is 0 Å². The van der Waals surface area contributed by atoms with Crippen LogP contribution in [0.3, 0.4) is 0 Å². The van der Waals surface area contributed by atoms with Crippen molar-refractivity contribution in [3.05, 3.63) is 98.4 Å². The molecule has 38 heavy (non-hydrogen) atoms. The number of anilines is 1. The van der Waals surface area contributed by atoms with Crippen molar-refractivity contribution in [3.8, 4) is 0 Å². The summed E-state index contributed by atoms with van der Waals surface area (Å²) in [5, 5.41) is 15.4. The summed E-state index contributed by atoms with van der Waals surface area (Å²) in [5.74, 6) is -1.70. The van der Waals surface area contributed by atoms with E-state index in [0.29, 0.717) is 38.7 Å². The molecule has 2 heterocycles. The van der Waals surface area contributed by atoms with Gasteiger partial charge in [-0.25, -0.2) is 9.59 Å². The van der Waals surface area contributed by atoms with E-state index in [1.165, 1.54) is 30.8 Å². The van der Waals surface area contributed by atoms with E-state index in [1.54, 1.807) is 38.1 Å². The number of allylic oxidation sites excluding steroid dienone is 1. The first-order chi connectivity index (χ1) is 18.3. The lowest BCUT2D eigenvalue weighted by Gasteiger charge is -2.28. The molecule has 1 aromatic heterocycles. The smallest absolute Gasteiger partial charge is 0.339 e. The topological polar surface area (TPSA) is 130 Å². The molecule has 0 saturated carbocycles. The zero-order valence-electron chi connectivity index (χ0n) is 21.1. The fourth-order valence-electron chi connectivity index (χ4n) is 4.45. The normalized spacial score (nSPS) is 15.3. The van der Waals surface area contributed by atoms with Crippen LogP contribution < -0.4 is 5.32 Å². The predicted octanol–water partition coefficient (Wildman–Crippen LogP) is 4.92. The molecule has 10 nitrogen and oxygen atoms in total. The summed E-state index contributed by atoms with van der Waals surface area (Å²) in [6, 6.07) is 15.2. The molecular formula is C27H27N3O7S. The predicted molar refractivity (Wildman–Crippen MR) is 141 cm³/mol. The number of nitro benzene ring substituents is 1. The van der Waals surface area contributed by atoms with Crippen molar-refractivity contribution in [1.82, 2.24) is 4.37 Å². The SMILES string of the molecule is CCOC(=O)C1=C(C)Nc2snc(CCOC(=O)C(OC)c3ccccc3)c2C1c1cccc([N+](=O)[O-])c1. The maximum atomic E-state index is 13.0. The number of hydrogen-bond donors (Lipinski definition) is 1. The van der Waals surface area contributed by atoms with Gasteiger partial charge in [-0.15, -0.1) is 0 Å². The molecule has 1 aliphatic heterocycles. The molecule has 11 heteroatoms. The summed E-state index contributed by atoms with van der Waals surface area (Å²) in [6.45, 7) is 3.68. The number of nitro groups is 1. The zero-order chi connectivity index (χ0) is 27.2. The number of fused-ring (bicyclic) bond motifs is 1. The Bertz CT molecular complexity index is 1370. The van der Waals surface area contributed by atoms with Gasteiger partial charge in [0.2, 0.25) is 0 Å². The summed E-state index contributed by atoms with van der Waals surface area (Å²) in [4.78, 5) is 36.8. The first kappa shape index (κ1) is 27.0. The van der Waals surface area contributed by atoms with Gasteiger partial charge in [0.15, 0.2) is 6.10 Å². The van der Waals surface area contributed by atoms with Crippen molar-refractivity contribution in [2.24, 2.45) is 0 Å². The number of ether oxygens (including phenoxy) is 3. The van der Waals surface area contributed by atoms with Crippen LogP contribution in [0, 0.1) is 10.1 Å². The number of carbonyl (C=O) groups excluding carboxylic acids is 2. The van der Waals surface area contributed by atoms with Crippen LogP contribution in [0.25, 0.3) is 0 Å². The fraction of sp³-hybridized carbons (Fsp3) is 0.296. The minimum Gasteiger partial charge on any atom is -0.463 e. The fourth-order valence-corrected chi connectivity index (χ4v) is 5.37. The molecule has 1 N–H and O–H groups in total. The van der Waals surface area contributed by atoms with E-state index in [1.807, 2.05) is 18.2 Å². The van der Waals surface area contributed by atoms with Crippen molar-refractivity contribution in [2.75, 3.05) is 25.6 Å². The van der Waals surface area contributed by atoms with Gasteiger partial charge in [-0.1, -0.05) is 42.5 Å². The number of aromatic nitrogens is 1. The Balaban J connectivity index is 1.63. The molecule has 0 amide bonds. The number of esters is 2. The Hall–Kier alpha value is -4.09. The van der Waals surface area contributed by atoms with Crippen molar-refractivity contribution in [2.45, 2.75) is 32.3 Å². The van der Waals surface area contributed by atoms with Gasteiger partial charge in [0.05, 0.1) is 29.4 Å². The van der Waals surface area contributed by atoms with E-state index in [4.69, 9.17) is 14.2 Å². The number of benzene rings is 2. The molecule has 0 fully saturated rings. The Kier molecular flexibility index (Phi) is 8.49. The summed E-state index contributed by atoms with van der Waals surface area (Å²) in [7, 11) is 1.44. The molecule has 0 radical (unpaired) electrons. The largest absolute Gasteiger partial charge is 0.463 e. The molecule has 3 aromatic rings. The van der Waals surface area contributed by atoms with Gasteiger partial charge in [-0.05, 0) is 36.5 Å². The Morgan fingerprint density at radius 1 is 1.16 bits per heavy atom. The molecule has 0 bridgehead atoms. The number of methoxy groups -OCH3 is 1. The Morgan fingerprint density at radius 2 is 1.92 bits per heavy atom. The van der Waals surface area contributed by atoms with Crippen molar-refractivity contribution >= 4 is 34.2 Å². The second kappa shape index (κ2) is 12.0. The highest BCUT2D eigenvalue weighted by Crippen LogP contribution is 2.46. The maximum Gasteiger partial charge on any atom is 0.339 e. The number of rotatable bonds is 10. The molecule has 1 aliphatic rings. The first-order valence-corrected chi connectivity index (χ1v) is 12.7. The zero-order valence-corrected chi connectivity index (χ0v) is 21.9. The second-order valence-corrected chi connectivity index (χ2v) is 9.26. The van der Waals surface area contributed by atoms with Crippen LogP contribution in [0.5, 0.6) is 0 Å². The highest BCUT2D eigenvalue weighted by Gasteiger charge is 2.37. The molecular weight excluding hydrogens is 510 g/mol. The van der Waals surface area contributed by atoms with Gasteiger partial charge >= 0.3 is 11.9 Å². The van der Waals surface area contributed by atoms with Crippen LogP contribution in [-0.2, 0) is 30.2 Å². The standard InChI is InChI=1S/C27H27N3O7S/c1-4-36-26(31)21-16(2)28-25-23(22(21)18-11-8-12-19(15-18)30(33)34)20(29-38-25)13-14-37-27(32)24(35-3)17-9-6-5-7-10-17/h5-12,15,22,24,28H,4,13-14H2,1-3H3. The van der Waals surface area contributed by atoms with E-state index in [9.17, 15) is 19.7 Å². The lowest BCUT2D eigenvalue weighted by molar-refractivity contribution is -0.384. The summed E-state index contributed by atoms with van der Waals surface area (Å²) < 4.78 is 20.8. The lowest BCUT2D eigenvalue weighted by Crippen LogP contribution is -2.25. The van der Waals surface area contributed by atoms with E-state index >= 15 is 0 Å². The average molecular weight is 538 g/mol. The Labute approximate surface area is 223 Å². The van der Waals surface area contributed by atoms with Gasteiger partial charge in [-0.3, -0.25) is 10.1 Å². The number of hydrogen-bond acceptors (Lipinski definition) is 10. The molecule has 2 atom stereocenters. The van der Waals surface area contributed by atoms with Gasteiger partial charge in [0.1, 0.15) is 5.00 Å². The lowest BCUT2D eigenvalue weighted by atomic mass is 9.81. The van der Waals surface area contributed by atoms with Gasteiger partial charge in [0.25, 0.3) is 5.69 Å². The minimum absolute atomic E-state index is 0.0286. The molecule has 0 saturated heterocycles. The van der Waals surface area contributed by atoms with Crippen molar-refractivity contribution in [1.29, 1.82) is 0 Å². The molecule has 0 aliphatic carbocycles. The van der Waals surface area contributed by atoms with Gasteiger partial charge < -0.3 is 19.5 Å². The highest BCUT2D eigenvalue weighted by molar-refractivity contribution is 7.10. The third kappa shape index (κ3) is 5.58. The van der Waals surface area contributed by atoms with Gasteiger partial charge in [0, 0.05) is 42.8 Å². The van der Waals surface area contributed by atoms with Crippen LogP contribution in [0.15, 0.2) is 65.9 Å². The van der Waals surface area contributed by atoms with Crippen molar-refractivity contribution < 1.29 is 28.7 Å². The maximum absolute atomic E-state index is 13.0. The molecule has 4 rings (SSSR count). The van der Waals surface area contributed by atoms with Crippen LogP contribution >= 0.6 is 11.5 Å². The first-order valence-electron chi connectivity index (χ1n) is 12.0. The van der Waals surface area contributed by atoms with Gasteiger partial charge in [-0.2, -0.15) is 4.37 Å². The number of carbonyl (C=O) groups is 2. The monoisotopic (exact) mass is 537 g/mol. The Morgan fingerprint density at radius 3 is 2.61 bits per heavy atom. The van der Waals surface area contributed by atoms with E-state index < -0.39 is 28.9 Å². The average Bonchev–Trinajstić information content (AvgIpc) is 3.31. The van der Waals surface area contributed by atoms with Crippen LogP contribution in [0.4, 0.5) is 10.7 Å². The molecule has 2 unspecified atom stereocenters. The number of non-ortho nitro benzene ring substituents is 1. The minimum atomic E-state index is -0.860. The number of nitrogens with one attached hydrogen (secondary N) is 1. The summed E-state index contributed by atoms with van der Waals surface area (Å²) >= 11 is 1.21. The van der Waals surface area contributed by atoms with Crippen LogP contribution in [0.2, 0.25) is 0 Å². The van der Waals surface area contributed by atoms with E-state index in [-0.39, 0.29) is 25.3 Å². The number of nitrogens with zero attached hydrogens (tertiary/aromatic N) is 2. The second-order valence-electron chi connectivity index (χ2n) is 8.49. The third-order valence-corrected chi connectivity index (χ3v) is 6.95. The molecule has 198 valence electrons. The van der Waals surface area contributed by atoms with E-state index in [2.05, 4.69) is 9.69 Å². The molecule has 0 spiro atoms. The quantitative estimate of drug-likeness (QED) is 0.218. The van der Waals surface area contributed by atoms with Crippen LogP contribution in [0.1, 0.15) is 48.3 Å². The summed E-state index contributed by atoms with van der Waals surface area (Å²) in [5.41, 5.74) is 3.40. The molecule has 2 aromatic carbocycles. The highest BCUT2D eigenvalue weighted by atomic mass is 32.1.